The summed E-state index contributed by atoms with van der Waals surface area (Å²) in [4.78, 5) is 0. The van der Waals surface area contributed by atoms with Crippen LogP contribution in [-0.2, 0) is 0 Å². The molecule has 4 N–H and O–H groups in total. The average molecular weight is 132 g/mol. The average Bonchev–Trinajstić information content (AvgIpc) is 1.65. The van der Waals surface area contributed by atoms with E-state index in [0.29, 0.717) is 0 Å². The molecule has 0 aromatic carbocycles. The summed E-state index contributed by atoms with van der Waals surface area (Å²) < 4.78 is 0. The highest BCUT2D eigenvalue weighted by Crippen LogP contribution is 2.00. The molecule has 0 aliphatic carbocycles. The zero-order valence-electron chi connectivity index (χ0n) is 6.31. The first-order valence-electron chi connectivity index (χ1n) is 3.23. The monoisotopic (exact) mass is 132 g/mol. The molecule has 0 saturated carbocycles. The summed E-state index contributed by atoms with van der Waals surface area (Å²) >= 11 is 0. The molecular weight excluding hydrogens is 116 g/mol. The second-order valence-electron chi connectivity index (χ2n) is 2.47. The van der Waals surface area contributed by atoms with Crippen LogP contribution in [0.1, 0.15) is 20.8 Å². The van der Waals surface area contributed by atoms with Crippen LogP contribution in [0.4, 0.5) is 0 Å². The van der Waals surface area contributed by atoms with Crippen molar-refractivity contribution in [2.24, 2.45) is 5.73 Å². The Bertz CT molecular complexity index is 81.1. The fourth-order valence-corrected chi connectivity index (χ4v) is 0.519. The van der Waals surface area contributed by atoms with Crippen LogP contribution in [0.5, 0.6) is 0 Å². The van der Waals surface area contributed by atoms with E-state index in [2.05, 4.69) is 5.32 Å². The minimum Gasteiger partial charge on any atom is -0.375 e. The Labute approximate surface area is 56.2 Å². The highest BCUT2D eigenvalue weighted by atomic mass is 16.3. The minimum atomic E-state index is -0.922. The molecule has 0 aliphatic rings. The highest BCUT2D eigenvalue weighted by Gasteiger charge is 2.22. The summed E-state index contributed by atoms with van der Waals surface area (Å²) in [6.07, 6.45) is 0. The van der Waals surface area contributed by atoms with Gasteiger partial charge < -0.3 is 10.8 Å². The van der Waals surface area contributed by atoms with Crippen molar-refractivity contribution in [3.63, 3.8) is 0 Å². The van der Waals surface area contributed by atoms with Crippen LogP contribution < -0.4 is 11.1 Å². The van der Waals surface area contributed by atoms with E-state index in [1.807, 2.05) is 6.92 Å². The van der Waals surface area contributed by atoms with E-state index in [-0.39, 0.29) is 6.04 Å². The minimum absolute atomic E-state index is 0.238. The van der Waals surface area contributed by atoms with Gasteiger partial charge in [0.1, 0.15) is 5.72 Å². The van der Waals surface area contributed by atoms with Crippen LogP contribution in [0.25, 0.3) is 0 Å². The quantitative estimate of drug-likeness (QED) is 0.460. The molecule has 3 nitrogen and oxygen atoms in total. The molecule has 0 bridgehead atoms. The predicted molar refractivity (Wildman–Crippen MR) is 37.9 cm³/mol. The standard InChI is InChI=1S/C6H16N2O/c1-4-8-6(3,9)5(2)7/h5,8-9H,4,7H2,1-3H3. The number of hydrogen-bond acceptors (Lipinski definition) is 3. The van der Waals surface area contributed by atoms with Gasteiger partial charge in [-0.2, -0.15) is 0 Å². The van der Waals surface area contributed by atoms with Crippen LogP contribution >= 0.6 is 0 Å². The first-order chi connectivity index (χ1) is 4.00. The lowest BCUT2D eigenvalue weighted by Crippen LogP contribution is -2.54. The van der Waals surface area contributed by atoms with Crippen molar-refractivity contribution in [1.82, 2.24) is 5.32 Å². The third-order valence-corrected chi connectivity index (χ3v) is 1.42. The van der Waals surface area contributed by atoms with Gasteiger partial charge in [-0.15, -0.1) is 0 Å². The van der Waals surface area contributed by atoms with E-state index in [0.717, 1.165) is 6.54 Å². The maximum atomic E-state index is 9.36. The van der Waals surface area contributed by atoms with Gasteiger partial charge in [0.05, 0.1) is 0 Å². The maximum absolute atomic E-state index is 9.36. The SMILES string of the molecule is CCNC(C)(O)C(C)N. The summed E-state index contributed by atoms with van der Waals surface area (Å²) in [6, 6.07) is -0.238. The normalized spacial score (nSPS) is 21.0. The van der Waals surface area contributed by atoms with Gasteiger partial charge in [-0.3, -0.25) is 5.32 Å². The Kier molecular flexibility index (Phi) is 3.11. The molecule has 0 fully saturated rings. The number of aliphatic hydroxyl groups is 1. The van der Waals surface area contributed by atoms with Gasteiger partial charge in [0, 0.05) is 6.04 Å². The van der Waals surface area contributed by atoms with Gasteiger partial charge in [-0.25, -0.2) is 0 Å². The molecule has 3 heteroatoms. The summed E-state index contributed by atoms with van der Waals surface area (Å²) in [5.74, 6) is 0. The molecule has 0 amide bonds. The van der Waals surface area contributed by atoms with E-state index >= 15 is 0 Å². The van der Waals surface area contributed by atoms with Crippen LogP contribution in [-0.4, -0.2) is 23.4 Å². The van der Waals surface area contributed by atoms with Gasteiger partial charge in [0.2, 0.25) is 0 Å². The molecule has 0 rings (SSSR count). The van der Waals surface area contributed by atoms with Crippen LogP contribution in [0.15, 0.2) is 0 Å². The molecule has 0 spiro atoms. The van der Waals surface area contributed by atoms with Crippen LogP contribution in [0.3, 0.4) is 0 Å². The summed E-state index contributed by atoms with van der Waals surface area (Å²) in [7, 11) is 0. The lowest BCUT2D eigenvalue weighted by atomic mass is 10.1. The molecule has 2 unspecified atom stereocenters. The fraction of sp³-hybridized carbons (Fsp3) is 1.00. The fourth-order valence-electron chi connectivity index (χ4n) is 0.519. The maximum Gasteiger partial charge on any atom is 0.128 e. The Morgan fingerprint density at radius 2 is 2.22 bits per heavy atom. The molecule has 0 aromatic heterocycles. The summed E-state index contributed by atoms with van der Waals surface area (Å²) in [5.41, 5.74) is 4.52. The summed E-state index contributed by atoms with van der Waals surface area (Å²) in [5, 5.41) is 12.2. The Hall–Kier alpha value is -0.120. The molecule has 0 aliphatic heterocycles. The number of rotatable bonds is 3. The molecule has 56 valence electrons. The van der Waals surface area contributed by atoms with E-state index in [1.54, 1.807) is 13.8 Å². The van der Waals surface area contributed by atoms with E-state index in [1.165, 1.54) is 0 Å². The second-order valence-corrected chi connectivity index (χ2v) is 2.47. The van der Waals surface area contributed by atoms with Crippen LogP contribution in [0, 0.1) is 0 Å². The molecule has 2 atom stereocenters. The van der Waals surface area contributed by atoms with Gasteiger partial charge in [-0.05, 0) is 20.4 Å². The Morgan fingerprint density at radius 1 is 1.78 bits per heavy atom. The van der Waals surface area contributed by atoms with Gasteiger partial charge in [0.15, 0.2) is 0 Å². The van der Waals surface area contributed by atoms with Gasteiger partial charge in [0.25, 0.3) is 0 Å². The smallest absolute Gasteiger partial charge is 0.128 e. The van der Waals surface area contributed by atoms with Crippen molar-refractivity contribution in [1.29, 1.82) is 0 Å². The van der Waals surface area contributed by atoms with Gasteiger partial charge >= 0.3 is 0 Å². The number of likely N-dealkylation sites (N-methyl/N-ethyl adjacent to an activating group) is 1. The van der Waals surface area contributed by atoms with Crippen molar-refractivity contribution < 1.29 is 5.11 Å². The molecule has 0 radical (unpaired) electrons. The van der Waals surface area contributed by atoms with E-state index in [9.17, 15) is 5.11 Å². The largest absolute Gasteiger partial charge is 0.375 e. The van der Waals surface area contributed by atoms with Crippen molar-refractivity contribution in [3.8, 4) is 0 Å². The molecule has 9 heavy (non-hydrogen) atoms. The Morgan fingerprint density at radius 3 is 2.33 bits per heavy atom. The first kappa shape index (κ1) is 8.88. The lowest BCUT2D eigenvalue weighted by Gasteiger charge is -2.27. The highest BCUT2D eigenvalue weighted by molar-refractivity contribution is 4.77. The Balaban J connectivity index is 3.70. The predicted octanol–water partition coefficient (Wildman–Crippen LogP) is -0.348. The first-order valence-corrected chi connectivity index (χ1v) is 3.23. The molecule has 0 aromatic rings. The van der Waals surface area contributed by atoms with Crippen LogP contribution in [0.2, 0.25) is 0 Å². The van der Waals surface area contributed by atoms with Crippen molar-refractivity contribution in [2.75, 3.05) is 6.54 Å². The number of nitrogens with one attached hydrogen (secondary N) is 1. The zero-order valence-corrected chi connectivity index (χ0v) is 6.31. The zero-order chi connectivity index (χ0) is 7.49. The molecule has 0 heterocycles. The number of nitrogens with two attached hydrogens (primary N) is 1. The number of hydrogen-bond donors (Lipinski definition) is 3. The topological polar surface area (TPSA) is 58.3 Å². The van der Waals surface area contributed by atoms with Crippen molar-refractivity contribution in [3.05, 3.63) is 0 Å². The second kappa shape index (κ2) is 3.15. The van der Waals surface area contributed by atoms with E-state index in [4.69, 9.17) is 5.73 Å². The molecule has 0 saturated heterocycles. The van der Waals surface area contributed by atoms with Gasteiger partial charge in [-0.1, -0.05) is 6.92 Å². The molecular formula is C6H16N2O. The third-order valence-electron chi connectivity index (χ3n) is 1.42. The lowest BCUT2D eigenvalue weighted by molar-refractivity contribution is 0.00595. The van der Waals surface area contributed by atoms with Crippen molar-refractivity contribution >= 4 is 0 Å². The summed E-state index contributed by atoms with van der Waals surface area (Å²) in [6.45, 7) is 6.09. The van der Waals surface area contributed by atoms with Crippen molar-refractivity contribution in [2.45, 2.75) is 32.5 Å². The van der Waals surface area contributed by atoms with E-state index < -0.39 is 5.72 Å². The third kappa shape index (κ3) is 2.79.